The van der Waals surface area contributed by atoms with Crippen LogP contribution < -0.4 is 10.1 Å². The molecule has 2 aromatic rings. The number of hydrogen-bond donors (Lipinski definition) is 1. The lowest BCUT2D eigenvalue weighted by molar-refractivity contribution is -0.0734. The second-order valence-corrected chi connectivity index (χ2v) is 4.85. The summed E-state index contributed by atoms with van der Waals surface area (Å²) < 4.78 is 10.2. The number of hydrogen-bond acceptors (Lipinski definition) is 5. The summed E-state index contributed by atoms with van der Waals surface area (Å²) in [6.45, 7) is 0.916. The monoisotopic (exact) mass is 285 g/mol. The molecule has 3 rings (SSSR count). The number of nitrogens with zero attached hydrogens (tertiary/aromatic N) is 2. The van der Waals surface area contributed by atoms with Gasteiger partial charge in [0.05, 0.1) is 25.9 Å². The first-order valence-electron chi connectivity index (χ1n) is 6.55. The molecule has 1 aliphatic heterocycles. The van der Waals surface area contributed by atoms with Gasteiger partial charge in [-0.05, 0) is 5.56 Å². The fourth-order valence-electron chi connectivity index (χ4n) is 2.20. The maximum absolute atomic E-state index is 12.3. The third-order valence-corrected chi connectivity index (χ3v) is 3.45. The lowest BCUT2D eigenvalue weighted by Crippen LogP contribution is -2.59. The van der Waals surface area contributed by atoms with Crippen molar-refractivity contribution in [1.29, 1.82) is 0 Å². The number of carbonyl (C=O) groups is 1. The molecule has 0 spiro atoms. The summed E-state index contributed by atoms with van der Waals surface area (Å²) in [6, 6.07) is 10.0. The van der Waals surface area contributed by atoms with E-state index in [-0.39, 0.29) is 11.9 Å². The Labute approximate surface area is 122 Å². The third-order valence-electron chi connectivity index (χ3n) is 3.45. The molecular formula is C15H15N3O3. The Hall–Kier alpha value is -2.47. The number of benzene rings is 1. The van der Waals surface area contributed by atoms with Gasteiger partial charge in [0.2, 0.25) is 0 Å². The van der Waals surface area contributed by atoms with Crippen LogP contribution in [0, 0.1) is 0 Å². The fraction of sp³-hybridized carbons (Fsp3) is 0.267. The first kappa shape index (κ1) is 13.5. The van der Waals surface area contributed by atoms with E-state index < -0.39 is 5.54 Å². The molecule has 0 aliphatic carbocycles. The van der Waals surface area contributed by atoms with Crippen molar-refractivity contribution < 1.29 is 14.3 Å². The van der Waals surface area contributed by atoms with Crippen LogP contribution in [-0.2, 0) is 10.3 Å². The molecule has 6 nitrogen and oxygen atoms in total. The summed E-state index contributed by atoms with van der Waals surface area (Å²) in [7, 11) is 1.48. The molecule has 21 heavy (non-hydrogen) atoms. The van der Waals surface area contributed by atoms with Crippen LogP contribution >= 0.6 is 0 Å². The SMILES string of the molecule is COc1ncc(C(=O)NC2(c3ccccc3)COC2)cn1. The van der Waals surface area contributed by atoms with E-state index >= 15 is 0 Å². The predicted molar refractivity (Wildman–Crippen MR) is 75.0 cm³/mol. The number of aromatic nitrogens is 2. The first-order valence-corrected chi connectivity index (χ1v) is 6.55. The second-order valence-electron chi connectivity index (χ2n) is 4.85. The van der Waals surface area contributed by atoms with E-state index in [1.807, 2.05) is 30.3 Å². The summed E-state index contributed by atoms with van der Waals surface area (Å²) in [5.41, 5.74) is 0.940. The summed E-state index contributed by atoms with van der Waals surface area (Å²) in [6.07, 6.45) is 2.89. The van der Waals surface area contributed by atoms with Crippen molar-refractivity contribution >= 4 is 5.91 Å². The van der Waals surface area contributed by atoms with E-state index in [9.17, 15) is 4.79 Å². The normalized spacial score (nSPS) is 15.9. The lowest BCUT2D eigenvalue weighted by Gasteiger charge is -2.42. The Balaban J connectivity index is 1.79. The number of nitrogens with one attached hydrogen (secondary N) is 1. The minimum atomic E-state index is -0.474. The molecule has 0 radical (unpaired) electrons. The van der Waals surface area contributed by atoms with E-state index in [4.69, 9.17) is 9.47 Å². The summed E-state index contributed by atoms with van der Waals surface area (Å²) in [5, 5.41) is 3.02. The average Bonchev–Trinajstić information content (AvgIpc) is 2.51. The van der Waals surface area contributed by atoms with Gasteiger partial charge in [-0.3, -0.25) is 4.79 Å². The van der Waals surface area contributed by atoms with Gasteiger partial charge in [-0.25, -0.2) is 9.97 Å². The van der Waals surface area contributed by atoms with Gasteiger partial charge in [-0.1, -0.05) is 30.3 Å². The third kappa shape index (κ3) is 2.57. The van der Waals surface area contributed by atoms with Gasteiger partial charge < -0.3 is 14.8 Å². The summed E-state index contributed by atoms with van der Waals surface area (Å²) >= 11 is 0. The van der Waals surface area contributed by atoms with Crippen LogP contribution in [0.5, 0.6) is 6.01 Å². The van der Waals surface area contributed by atoms with Crippen LogP contribution in [-0.4, -0.2) is 36.2 Å². The molecule has 1 aromatic heterocycles. The van der Waals surface area contributed by atoms with E-state index in [1.54, 1.807) is 0 Å². The molecule has 108 valence electrons. The Bertz CT molecular complexity index is 624. The summed E-state index contributed by atoms with van der Waals surface area (Å²) in [4.78, 5) is 20.2. The Morgan fingerprint density at radius 2 is 1.90 bits per heavy atom. The highest BCUT2D eigenvalue weighted by molar-refractivity contribution is 5.94. The Morgan fingerprint density at radius 1 is 1.24 bits per heavy atom. The number of carbonyl (C=O) groups excluding carboxylic acids is 1. The first-order chi connectivity index (χ1) is 10.2. The van der Waals surface area contributed by atoms with E-state index in [0.29, 0.717) is 18.8 Å². The smallest absolute Gasteiger partial charge is 0.316 e. The molecule has 1 fully saturated rings. The highest BCUT2D eigenvalue weighted by Crippen LogP contribution is 2.29. The van der Waals surface area contributed by atoms with Crippen LogP contribution in [0.25, 0.3) is 0 Å². The van der Waals surface area contributed by atoms with Crippen molar-refractivity contribution in [2.45, 2.75) is 5.54 Å². The van der Waals surface area contributed by atoms with Crippen molar-refractivity contribution in [3.05, 3.63) is 53.9 Å². The van der Waals surface area contributed by atoms with E-state index in [1.165, 1.54) is 19.5 Å². The molecule has 0 atom stereocenters. The van der Waals surface area contributed by atoms with Crippen LogP contribution in [0.15, 0.2) is 42.7 Å². The number of ether oxygens (including phenoxy) is 2. The van der Waals surface area contributed by atoms with Gasteiger partial charge in [-0.15, -0.1) is 0 Å². The van der Waals surface area contributed by atoms with Crippen LogP contribution in [0.1, 0.15) is 15.9 Å². The van der Waals surface area contributed by atoms with Gasteiger partial charge in [0.15, 0.2) is 0 Å². The minimum Gasteiger partial charge on any atom is -0.467 e. The molecule has 1 aliphatic rings. The topological polar surface area (TPSA) is 73.3 Å². The Morgan fingerprint density at radius 3 is 2.43 bits per heavy atom. The van der Waals surface area contributed by atoms with E-state index in [2.05, 4.69) is 15.3 Å². The van der Waals surface area contributed by atoms with Crippen LogP contribution in [0.4, 0.5) is 0 Å². The largest absolute Gasteiger partial charge is 0.467 e. The lowest BCUT2D eigenvalue weighted by atomic mass is 9.87. The van der Waals surface area contributed by atoms with Gasteiger partial charge in [0.25, 0.3) is 5.91 Å². The maximum atomic E-state index is 12.3. The standard InChI is InChI=1S/C15H15N3O3/c1-20-14-16-7-11(8-17-14)13(19)18-15(9-21-10-15)12-5-3-2-4-6-12/h2-8H,9-10H2,1H3,(H,18,19). The predicted octanol–water partition coefficient (Wildman–Crippen LogP) is 1.14. The number of rotatable bonds is 4. The second kappa shape index (κ2) is 5.49. The molecule has 0 unspecified atom stereocenters. The zero-order valence-electron chi connectivity index (χ0n) is 11.6. The highest BCUT2D eigenvalue weighted by Gasteiger charge is 2.41. The van der Waals surface area contributed by atoms with Crippen LogP contribution in [0.2, 0.25) is 0 Å². The summed E-state index contributed by atoms with van der Waals surface area (Å²) in [5.74, 6) is -0.232. The molecular weight excluding hydrogens is 270 g/mol. The fourth-order valence-corrected chi connectivity index (χ4v) is 2.20. The molecule has 1 amide bonds. The van der Waals surface area contributed by atoms with Crippen LogP contribution in [0.3, 0.4) is 0 Å². The van der Waals surface area contributed by atoms with Gasteiger partial charge in [0, 0.05) is 12.4 Å². The Kier molecular flexibility index (Phi) is 3.53. The minimum absolute atomic E-state index is 0.232. The quantitative estimate of drug-likeness (QED) is 0.912. The average molecular weight is 285 g/mol. The van der Waals surface area contributed by atoms with Gasteiger partial charge >= 0.3 is 6.01 Å². The van der Waals surface area contributed by atoms with Gasteiger partial charge in [-0.2, -0.15) is 0 Å². The number of amides is 1. The molecule has 6 heteroatoms. The molecule has 2 heterocycles. The number of methoxy groups -OCH3 is 1. The van der Waals surface area contributed by atoms with Crippen molar-refractivity contribution in [2.75, 3.05) is 20.3 Å². The van der Waals surface area contributed by atoms with Crippen molar-refractivity contribution in [1.82, 2.24) is 15.3 Å². The van der Waals surface area contributed by atoms with E-state index in [0.717, 1.165) is 5.56 Å². The molecule has 1 saturated heterocycles. The van der Waals surface area contributed by atoms with Crippen molar-refractivity contribution in [2.24, 2.45) is 0 Å². The zero-order chi connectivity index (χ0) is 14.7. The van der Waals surface area contributed by atoms with Gasteiger partial charge in [0.1, 0.15) is 5.54 Å². The highest BCUT2D eigenvalue weighted by atomic mass is 16.5. The van der Waals surface area contributed by atoms with Crippen molar-refractivity contribution in [3.8, 4) is 6.01 Å². The molecule has 0 saturated carbocycles. The zero-order valence-corrected chi connectivity index (χ0v) is 11.6. The molecule has 1 aromatic carbocycles. The van der Waals surface area contributed by atoms with Crippen molar-refractivity contribution in [3.63, 3.8) is 0 Å². The maximum Gasteiger partial charge on any atom is 0.316 e. The molecule has 1 N–H and O–H groups in total. The molecule has 0 bridgehead atoms.